The van der Waals surface area contributed by atoms with Crippen molar-refractivity contribution in [2.24, 2.45) is 0 Å². The van der Waals surface area contributed by atoms with Gasteiger partial charge < -0.3 is 14.2 Å². The first kappa shape index (κ1) is 27.1. The van der Waals surface area contributed by atoms with Crippen LogP contribution < -0.4 is 9.47 Å². The predicted octanol–water partition coefficient (Wildman–Crippen LogP) is 6.46. The first-order valence-electron chi connectivity index (χ1n) is 11.1. The summed E-state index contributed by atoms with van der Waals surface area (Å²) >= 11 is 10.5. The monoisotopic (exact) mass is 581 g/mol. The van der Waals surface area contributed by atoms with Crippen LogP contribution in [0.2, 0.25) is 5.02 Å². The zero-order chi connectivity index (χ0) is 25.4. The Morgan fingerprint density at radius 1 is 1.17 bits per heavy atom. The lowest BCUT2D eigenvalue weighted by molar-refractivity contribution is -0.146. The van der Waals surface area contributed by atoms with E-state index in [0.29, 0.717) is 33.2 Å². The van der Waals surface area contributed by atoms with Crippen LogP contribution in [-0.2, 0) is 20.9 Å². The molecule has 186 valence electrons. The van der Waals surface area contributed by atoms with Crippen molar-refractivity contribution in [3.8, 4) is 11.5 Å². The number of thioether (sulfide) groups is 1. The number of imide groups is 1. The molecular formula is C25H25BrClNO6S. The average Bonchev–Trinajstić information content (AvgIpc) is 3.07. The number of esters is 1. The van der Waals surface area contributed by atoms with Gasteiger partial charge in [0.25, 0.3) is 11.1 Å². The average molecular weight is 583 g/mol. The molecule has 2 aromatic carbocycles. The van der Waals surface area contributed by atoms with Crippen molar-refractivity contribution < 1.29 is 28.6 Å². The number of amides is 2. The molecule has 2 amide bonds. The third kappa shape index (κ3) is 7.25. The van der Waals surface area contributed by atoms with Gasteiger partial charge in [0.1, 0.15) is 13.2 Å². The van der Waals surface area contributed by atoms with Gasteiger partial charge in [-0.2, -0.15) is 0 Å². The topological polar surface area (TPSA) is 82.1 Å². The van der Waals surface area contributed by atoms with Crippen LogP contribution in [0.1, 0.15) is 37.8 Å². The molecule has 35 heavy (non-hydrogen) atoms. The van der Waals surface area contributed by atoms with E-state index in [1.165, 1.54) is 0 Å². The second-order valence-electron chi connectivity index (χ2n) is 7.48. The summed E-state index contributed by atoms with van der Waals surface area (Å²) in [7, 11) is 0. The van der Waals surface area contributed by atoms with Gasteiger partial charge in [-0.05, 0) is 70.9 Å². The van der Waals surface area contributed by atoms with E-state index in [-0.39, 0.29) is 18.1 Å². The third-order valence-corrected chi connectivity index (χ3v) is 6.75. The molecule has 1 fully saturated rings. The number of halogens is 2. The number of hydrogen-bond acceptors (Lipinski definition) is 7. The van der Waals surface area contributed by atoms with Gasteiger partial charge in [0.15, 0.2) is 11.5 Å². The van der Waals surface area contributed by atoms with E-state index in [9.17, 15) is 14.4 Å². The first-order chi connectivity index (χ1) is 16.8. The molecule has 2 aromatic rings. The fourth-order valence-electron chi connectivity index (χ4n) is 3.13. The fourth-order valence-corrected chi connectivity index (χ4v) is 4.74. The van der Waals surface area contributed by atoms with E-state index in [0.717, 1.165) is 35.1 Å². The van der Waals surface area contributed by atoms with Gasteiger partial charge in [0.2, 0.25) is 0 Å². The van der Waals surface area contributed by atoms with Crippen LogP contribution in [0, 0.1) is 0 Å². The highest BCUT2D eigenvalue weighted by Crippen LogP contribution is 2.40. The quantitative estimate of drug-likeness (QED) is 0.171. The third-order valence-electron chi connectivity index (χ3n) is 4.88. The summed E-state index contributed by atoms with van der Waals surface area (Å²) in [6.07, 6.45) is 3.18. The van der Waals surface area contributed by atoms with Gasteiger partial charge >= 0.3 is 5.97 Å². The largest absolute Gasteiger partial charge is 0.490 e. The minimum absolute atomic E-state index is 0.204. The van der Waals surface area contributed by atoms with Crippen molar-refractivity contribution in [3.05, 3.63) is 61.9 Å². The molecule has 0 bridgehead atoms. The molecule has 1 aliphatic rings. The van der Waals surface area contributed by atoms with Crippen LogP contribution >= 0.6 is 39.3 Å². The van der Waals surface area contributed by atoms with Gasteiger partial charge in [-0.15, -0.1) is 0 Å². The zero-order valence-corrected chi connectivity index (χ0v) is 22.5. The van der Waals surface area contributed by atoms with Crippen molar-refractivity contribution >= 4 is 62.5 Å². The van der Waals surface area contributed by atoms with Crippen LogP contribution in [-0.4, -0.2) is 41.8 Å². The van der Waals surface area contributed by atoms with Crippen molar-refractivity contribution in [2.75, 3.05) is 19.8 Å². The van der Waals surface area contributed by atoms with Gasteiger partial charge in [-0.1, -0.05) is 43.1 Å². The highest BCUT2D eigenvalue weighted by molar-refractivity contribution is 9.10. The normalized spacial score (nSPS) is 14.5. The molecule has 1 heterocycles. The van der Waals surface area contributed by atoms with Crippen LogP contribution in [0.4, 0.5) is 4.79 Å². The summed E-state index contributed by atoms with van der Waals surface area (Å²) in [5, 5.41) is 0.0839. The molecule has 0 saturated carbocycles. The lowest BCUT2D eigenvalue weighted by Gasteiger charge is -2.15. The number of unbranched alkanes of at least 4 members (excludes halogenated alkanes) is 1. The number of benzene rings is 2. The molecule has 7 nitrogen and oxygen atoms in total. The number of carbonyl (C=O) groups excluding carboxylic acids is 3. The fraction of sp³-hybridized carbons (Fsp3) is 0.320. The van der Waals surface area contributed by atoms with Crippen molar-refractivity contribution in [1.29, 1.82) is 0 Å². The smallest absolute Gasteiger partial charge is 0.326 e. The van der Waals surface area contributed by atoms with E-state index >= 15 is 0 Å². The van der Waals surface area contributed by atoms with Crippen LogP contribution in [0.5, 0.6) is 11.5 Å². The number of rotatable bonds is 11. The van der Waals surface area contributed by atoms with Gasteiger partial charge in [0, 0.05) is 10.6 Å². The van der Waals surface area contributed by atoms with E-state index in [4.69, 9.17) is 25.8 Å². The van der Waals surface area contributed by atoms with Crippen molar-refractivity contribution in [3.63, 3.8) is 0 Å². The summed E-state index contributed by atoms with van der Waals surface area (Å²) in [6, 6.07) is 10.9. The summed E-state index contributed by atoms with van der Waals surface area (Å²) in [6.45, 7) is 4.32. The lowest BCUT2D eigenvalue weighted by Crippen LogP contribution is -2.34. The zero-order valence-electron chi connectivity index (χ0n) is 19.3. The Hall–Kier alpha value is -2.49. The van der Waals surface area contributed by atoms with E-state index in [1.807, 2.05) is 32.0 Å². The second-order valence-corrected chi connectivity index (χ2v) is 9.74. The SMILES string of the molecule is CCCCOC(=O)CN1C(=O)S/C(=C/c2cc(Br)c(OCc3ccccc3Cl)c(OCC)c2)C1=O. The molecule has 0 radical (unpaired) electrons. The number of ether oxygens (including phenoxy) is 3. The van der Waals surface area contributed by atoms with E-state index in [1.54, 1.807) is 24.3 Å². The van der Waals surface area contributed by atoms with Gasteiger partial charge in [-0.25, -0.2) is 0 Å². The van der Waals surface area contributed by atoms with Crippen molar-refractivity contribution in [2.45, 2.75) is 33.3 Å². The molecule has 0 aliphatic carbocycles. The Morgan fingerprint density at radius 3 is 2.66 bits per heavy atom. The Kier molecular flexibility index (Phi) is 10.1. The maximum atomic E-state index is 12.8. The predicted molar refractivity (Wildman–Crippen MR) is 140 cm³/mol. The highest BCUT2D eigenvalue weighted by Gasteiger charge is 2.36. The highest BCUT2D eigenvalue weighted by atomic mass is 79.9. The minimum Gasteiger partial charge on any atom is -0.490 e. The molecule has 0 aromatic heterocycles. The Labute approximate surface area is 221 Å². The summed E-state index contributed by atoms with van der Waals surface area (Å²) < 4.78 is 17.4. The number of hydrogen-bond donors (Lipinski definition) is 0. The maximum absolute atomic E-state index is 12.8. The molecule has 0 atom stereocenters. The molecule has 0 spiro atoms. The van der Waals surface area contributed by atoms with E-state index in [2.05, 4.69) is 15.9 Å². The molecule has 1 aliphatic heterocycles. The maximum Gasteiger partial charge on any atom is 0.326 e. The van der Waals surface area contributed by atoms with Crippen molar-refractivity contribution in [1.82, 2.24) is 4.90 Å². The Morgan fingerprint density at radius 2 is 1.94 bits per heavy atom. The van der Waals surface area contributed by atoms with Gasteiger partial charge in [0.05, 0.1) is 22.6 Å². The lowest BCUT2D eigenvalue weighted by atomic mass is 10.1. The molecule has 10 heteroatoms. The number of carbonyl (C=O) groups is 3. The van der Waals surface area contributed by atoms with Crippen LogP contribution in [0.25, 0.3) is 6.08 Å². The Bertz CT molecular complexity index is 1140. The van der Waals surface area contributed by atoms with Gasteiger partial charge in [-0.3, -0.25) is 19.3 Å². The summed E-state index contributed by atoms with van der Waals surface area (Å²) in [5.74, 6) is -0.185. The molecule has 1 saturated heterocycles. The first-order valence-corrected chi connectivity index (χ1v) is 13.1. The second kappa shape index (κ2) is 13.0. The standard InChI is InChI=1S/C25H25BrClNO6S/c1-3-5-10-33-22(29)14-28-24(30)21(35-25(28)31)13-16-11-18(26)23(20(12-16)32-4-2)34-15-17-8-6-7-9-19(17)27/h6-9,11-13H,3-5,10,14-15H2,1-2H3/b21-13+. The molecule has 0 unspecified atom stereocenters. The van der Waals surface area contributed by atoms with Crippen LogP contribution in [0.3, 0.4) is 0 Å². The van der Waals surface area contributed by atoms with E-state index < -0.39 is 23.7 Å². The minimum atomic E-state index is -0.608. The molecule has 0 N–H and O–H groups in total. The van der Waals surface area contributed by atoms with Crippen LogP contribution in [0.15, 0.2) is 45.8 Å². The molecular weight excluding hydrogens is 558 g/mol. The summed E-state index contributed by atoms with van der Waals surface area (Å²) in [5.41, 5.74) is 1.45. The molecule has 3 rings (SSSR count). The Balaban J connectivity index is 1.77. The summed E-state index contributed by atoms with van der Waals surface area (Å²) in [4.78, 5) is 38.2. The number of nitrogens with zero attached hydrogens (tertiary/aromatic N) is 1.